The highest BCUT2D eigenvalue weighted by Crippen LogP contribution is 2.23. The van der Waals surface area contributed by atoms with Crippen molar-refractivity contribution in [2.24, 2.45) is 5.10 Å². The fourth-order valence-electron chi connectivity index (χ4n) is 2.66. The summed E-state index contributed by atoms with van der Waals surface area (Å²) >= 11 is 0. The van der Waals surface area contributed by atoms with Crippen LogP contribution in [0, 0.1) is 0 Å². The summed E-state index contributed by atoms with van der Waals surface area (Å²) in [5, 5.41) is 17.1. The van der Waals surface area contributed by atoms with Crippen molar-refractivity contribution in [3.05, 3.63) is 48.0 Å². The quantitative estimate of drug-likeness (QED) is 0.433. The second kappa shape index (κ2) is 10.8. The van der Waals surface area contributed by atoms with E-state index in [0.29, 0.717) is 12.2 Å². The molecule has 0 radical (unpaired) electrons. The van der Waals surface area contributed by atoms with Crippen LogP contribution in [0.1, 0.15) is 26.3 Å². The van der Waals surface area contributed by atoms with Crippen LogP contribution in [0.25, 0.3) is 0 Å². The van der Waals surface area contributed by atoms with Crippen LogP contribution in [0.15, 0.2) is 47.6 Å². The van der Waals surface area contributed by atoms with Gasteiger partial charge in [0.1, 0.15) is 11.5 Å². The van der Waals surface area contributed by atoms with Crippen LogP contribution in [0.2, 0.25) is 0 Å². The van der Waals surface area contributed by atoms with Crippen molar-refractivity contribution < 1.29 is 14.6 Å². The minimum Gasteiger partial charge on any atom is -0.507 e. The Morgan fingerprint density at radius 3 is 2.46 bits per heavy atom. The van der Waals surface area contributed by atoms with E-state index < -0.39 is 0 Å². The molecule has 3 N–H and O–H groups in total. The predicted octanol–water partition coefficient (Wildman–Crippen LogP) is 3.20. The zero-order chi connectivity index (χ0) is 20.4. The van der Waals surface area contributed by atoms with Crippen LogP contribution >= 0.6 is 0 Å². The number of benzene rings is 2. The van der Waals surface area contributed by atoms with Gasteiger partial charge in [-0.2, -0.15) is 5.10 Å². The lowest BCUT2D eigenvalue weighted by Crippen LogP contribution is -2.25. The maximum Gasteiger partial charge on any atom is 0.259 e. The molecule has 2 aromatic rings. The Balaban J connectivity index is 1.84. The summed E-state index contributed by atoms with van der Waals surface area (Å²) in [5.41, 5.74) is 4.74. The third-order valence-corrected chi connectivity index (χ3v) is 4.15. The van der Waals surface area contributed by atoms with Gasteiger partial charge in [-0.25, -0.2) is 5.43 Å². The Morgan fingerprint density at radius 1 is 1.14 bits per heavy atom. The fourth-order valence-corrected chi connectivity index (χ4v) is 2.66. The molecule has 0 aliphatic rings. The number of carbonyl (C=O) groups is 1. The van der Waals surface area contributed by atoms with Gasteiger partial charge in [0, 0.05) is 36.1 Å². The summed E-state index contributed by atoms with van der Waals surface area (Å²) in [6.07, 6.45) is 1.43. The molecule has 0 heterocycles. The number of nitrogens with zero attached hydrogens (tertiary/aromatic N) is 2. The Hall–Kier alpha value is -3.22. The largest absolute Gasteiger partial charge is 0.507 e. The number of amides is 1. The standard InChI is InChI=1S/C21H28N4O3/c1-4-25(5-2)18-10-7-16(20(26)13-18)14-23-24-21(27)15-22-17-8-11-19(12-9-17)28-6-3/h7-14,22,26H,4-6,15H2,1-3H3,(H,24,27)/b23-14+. The van der Waals surface area contributed by atoms with E-state index in [0.717, 1.165) is 30.2 Å². The van der Waals surface area contributed by atoms with E-state index in [-0.39, 0.29) is 18.2 Å². The maximum absolute atomic E-state index is 11.9. The molecule has 0 saturated heterocycles. The lowest BCUT2D eigenvalue weighted by molar-refractivity contribution is -0.119. The summed E-state index contributed by atoms with van der Waals surface area (Å²) < 4.78 is 5.38. The molecule has 0 aliphatic heterocycles. The van der Waals surface area contributed by atoms with Crippen molar-refractivity contribution in [3.63, 3.8) is 0 Å². The number of phenolic OH excluding ortho intramolecular Hbond substituents is 1. The van der Waals surface area contributed by atoms with Gasteiger partial charge in [-0.05, 0) is 57.2 Å². The first-order valence-corrected chi connectivity index (χ1v) is 9.43. The van der Waals surface area contributed by atoms with E-state index in [2.05, 4.69) is 34.6 Å². The summed E-state index contributed by atoms with van der Waals surface area (Å²) in [6.45, 7) is 8.47. The molecule has 28 heavy (non-hydrogen) atoms. The van der Waals surface area contributed by atoms with Crippen molar-refractivity contribution in [1.29, 1.82) is 0 Å². The molecule has 0 atom stereocenters. The van der Waals surface area contributed by atoms with Gasteiger partial charge < -0.3 is 20.1 Å². The molecule has 0 aromatic heterocycles. The number of phenols is 1. The van der Waals surface area contributed by atoms with Gasteiger partial charge in [0.05, 0.1) is 19.4 Å². The topological polar surface area (TPSA) is 86.2 Å². The Labute approximate surface area is 166 Å². The van der Waals surface area contributed by atoms with E-state index in [1.165, 1.54) is 6.21 Å². The zero-order valence-electron chi connectivity index (χ0n) is 16.6. The van der Waals surface area contributed by atoms with Gasteiger partial charge in [-0.1, -0.05) is 0 Å². The van der Waals surface area contributed by atoms with E-state index in [1.54, 1.807) is 12.1 Å². The molecule has 0 bridgehead atoms. The van der Waals surface area contributed by atoms with Crippen LogP contribution < -0.4 is 20.4 Å². The Morgan fingerprint density at radius 2 is 1.86 bits per heavy atom. The van der Waals surface area contributed by atoms with E-state index in [4.69, 9.17) is 4.74 Å². The molecule has 7 nitrogen and oxygen atoms in total. The van der Waals surface area contributed by atoms with Crippen molar-refractivity contribution in [3.8, 4) is 11.5 Å². The number of hydrogen-bond acceptors (Lipinski definition) is 6. The molecule has 0 aliphatic carbocycles. The number of aromatic hydroxyl groups is 1. The molecule has 150 valence electrons. The zero-order valence-corrected chi connectivity index (χ0v) is 16.6. The summed E-state index contributed by atoms with van der Waals surface area (Å²) in [7, 11) is 0. The van der Waals surface area contributed by atoms with E-state index in [9.17, 15) is 9.90 Å². The van der Waals surface area contributed by atoms with Crippen molar-refractivity contribution in [2.45, 2.75) is 20.8 Å². The summed E-state index contributed by atoms with van der Waals surface area (Å²) in [5.74, 6) is 0.619. The second-order valence-corrected chi connectivity index (χ2v) is 6.02. The third kappa shape index (κ3) is 6.19. The van der Waals surface area contributed by atoms with Gasteiger partial charge in [-0.15, -0.1) is 0 Å². The van der Waals surface area contributed by atoms with Crippen LogP contribution in [-0.2, 0) is 4.79 Å². The average Bonchev–Trinajstić information content (AvgIpc) is 2.70. The highest BCUT2D eigenvalue weighted by Gasteiger charge is 2.06. The highest BCUT2D eigenvalue weighted by molar-refractivity contribution is 5.86. The van der Waals surface area contributed by atoms with Crippen molar-refractivity contribution in [2.75, 3.05) is 36.5 Å². The fraction of sp³-hybridized carbons (Fsp3) is 0.333. The van der Waals surface area contributed by atoms with Crippen LogP contribution in [-0.4, -0.2) is 43.5 Å². The van der Waals surface area contributed by atoms with Gasteiger partial charge in [0.2, 0.25) is 0 Å². The first-order valence-electron chi connectivity index (χ1n) is 9.43. The van der Waals surface area contributed by atoms with Gasteiger partial charge in [-0.3, -0.25) is 4.79 Å². The molecule has 0 spiro atoms. The van der Waals surface area contributed by atoms with E-state index in [1.807, 2.05) is 37.3 Å². The molecule has 2 rings (SSSR count). The number of ether oxygens (including phenoxy) is 1. The number of rotatable bonds is 10. The molecule has 0 saturated carbocycles. The van der Waals surface area contributed by atoms with Crippen molar-refractivity contribution in [1.82, 2.24) is 5.43 Å². The number of carbonyl (C=O) groups excluding carboxylic acids is 1. The number of hydrogen-bond donors (Lipinski definition) is 3. The predicted molar refractivity (Wildman–Crippen MR) is 114 cm³/mol. The minimum absolute atomic E-state index is 0.0815. The Bertz CT molecular complexity index is 787. The smallest absolute Gasteiger partial charge is 0.259 e. The lowest BCUT2D eigenvalue weighted by Gasteiger charge is -2.21. The van der Waals surface area contributed by atoms with Gasteiger partial charge in [0.15, 0.2) is 0 Å². The molecular weight excluding hydrogens is 356 g/mol. The molecule has 2 aromatic carbocycles. The molecule has 0 fully saturated rings. The normalized spacial score (nSPS) is 10.7. The monoisotopic (exact) mass is 384 g/mol. The average molecular weight is 384 g/mol. The van der Waals surface area contributed by atoms with Crippen LogP contribution in [0.5, 0.6) is 11.5 Å². The van der Waals surface area contributed by atoms with Crippen LogP contribution in [0.4, 0.5) is 11.4 Å². The SMILES string of the molecule is CCOc1ccc(NCC(=O)N/N=C/c2ccc(N(CC)CC)cc2O)cc1. The second-order valence-electron chi connectivity index (χ2n) is 6.02. The summed E-state index contributed by atoms with van der Waals surface area (Å²) in [4.78, 5) is 14.0. The van der Waals surface area contributed by atoms with E-state index >= 15 is 0 Å². The lowest BCUT2D eigenvalue weighted by atomic mass is 10.2. The van der Waals surface area contributed by atoms with Crippen LogP contribution in [0.3, 0.4) is 0 Å². The first kappa shape index (κ1) is 21.1. The highest BCUT2D eigenvalue weighted by atomic mass is 16.5. The van der Waals surface area contributed by atoms with Crippen molar-refractivity contribution >= 4 is 23.5 Å². The molecule has 1 amide bonds. The summed E-state index contributed by atoms with van der Waals surface area (Å²) in [6, 6.07) is 12.8. The molecular formula is C21H28N4O3. The first-order chi connectivity index (χ1) is 13.6. The Kier molecular flexibility index (Phi) is 8.14. The number of anilines is 2. The number of hydrazone groups is 1. The maximum atomic E-state index is 11.9. The van der Waals surface area contributed by atoms with Gasteiger partial charge in [0.25, 0.3) is 5.91 Å². The molecule has 7 heteroatoms. The third-order valence-electron chi connectivity index (χ3n) is 4.15. The number of nitrogens with one attached hydrogen (secondary N) is 2. The minimum atomic E-state index is -0.288. The molecule has 0 unspecified atom stereocenters. The van der Waals surface area contributed by atoms with Gasteiger partial charge >= 0.3 is 0 Å².